The maximum atomic E-state index is 13.0. The SMILES string of the molecule is FC(OB(OC(F)C(F)(F)C(F)(F)F)OC(F)C(F)(F)C(F)(F)F)C(F)(F)C(F)(F)F. The molecule has 3 unspecified atom stereocenters. The van der Waals surface area contributed by atoms with Crippen LogP contribution in [0.25, 0.3) is 0 Å². The summed E-state index contributed by atoms with van der Waals surface area (Å²) in [5.41, 5.74) is 0. The first-order valence-corrected chi connectivity index (χ1v) is 6.52. The molecular weight excluding hydrogens is 509 g/mol. The predicted molar refractivity (Wildman–Crippen MR) is 56.7 cm³/mol. The first kappa shape index (κ1) is 29.7. The molecule has 22 heteroatoms. The summed E-state index contributed by atoms with van der Waals surface area (Å²) in [5, 5.41) is 0. The molecule has 0 aliphatic carbocycles. The Morgan fingerprint density at radius 3 is 0.677 bits per heavy atom. The molecule has 31 heavy (non-hydrogen) atoms. The molecule has 0 N–H and O–H groups in total. The Balaban J connectivity index is 5.89. The second-order valence-electron chi connectivity index (χ2n) is 5.01. The highest BCUT2D eigenvalue weighted by atomic mass is 19.4. The van der Waals surface area contributed by atoms with E-state index < -0.39 is 62.7 Å². The van der Waals surface area contributed by atoms with Crippen LogP contribution in [0.4, 0.5) is 79.0 Å². The van der Waals surface area contributed by atoms with Gasteiger partial charge in [0.15, 0.2) is 0 Å². The maximum Gasteiger partial charge on any atom is 0.646 e. The average Bonchev–Trinajstić information content (AvgIpc) is 2.50. The Morgan fingerprint density at radius 2 is 0.548 bits per heavy atom. The number of halogens is 18. The minimum Gasteiger partial charge on any atom is -0.350 e. The van der Waals surface area contributed by atoms with Crippen LogP contribution in [0.15, 0.2) is 0 Å². The molecular formula is C9H3BF18O3. The fraction of sp³-hybridized carbons (Fsp3) is 1.00. The van der Waals surface area contributed by atoms with Gasteiger partial charge in [0.1, 0.15) is 0 Å². The Labute approximate surface area is 157 Å². The van der Waals surface area contributed by atoms with Crippen LogP contribution < -0.4 is 0 Å². The van der Waals surface area contributed by atoms with Crippen LogP contribution in [0.1, 0.15) is 0 Å². The van der Waals surface area contributed by atoms with Gasteiger partial charge in [-0.25, -0.2) is 13.2 Å². The molecule has 3 nitrogen and oxygen atoms in total. The van der Waals surface area contributed by atoms with Crippen molar-refractivity contribution in [2.75, 3.05) is 0 Å². The summed E-state index contributed by atoms with van der Waals surface area (Å²) in [6, 6.07) is 0. The van der Waals surface area contributed by atoms with Gasteiger partial charge < -0.3 is 14.0 Å². The van der Waals surface area contributed by atoms with Crippen molar-refractivity contribution in [3.8, 4) is 0 Å². The standard InChI is InChI=1S/C9H3BF18O3/c11-1(4(14,15)7(20,21)22)29-10(30-2(12)5(16,17)8(23,24)25)31-3(13)6(18,19)9(26,27)28/h1-3H. The van der Waals surface area contributed by atoms with Gasteiger partial charge in [0, 0.05) is 0 Å². The first-order valence-electron chi connectivity index (χ1n) is 6.52. The van der Waals surface area contributed by atoms with Crippen LogP contribution in [0.3, 0.4) is 0 Å². The molecule has 0 aromatic carbocycles. The van der Waals surface area contributed by atoms with Crippen molar-refractivity contribution in [2.45, 2.75) is 55.4 Å². The summed E-state index contributed by atoms with van der Waals surface area (Å²) in [4.78, 5) is 0. The van der Waals surface area contributed by atoms with E-state index in [-0.39, 0.29) is 0 Å². The van der Waals surface area contributed by atoms with Gasteiger partial charge in [-0.05, 0) is 0 Å². The Hall–Kier alpha value is -1.32. The predicted octanol–water partition coefficient (Wildman–Crippen LogP) is 5.50. The Bertz CT molecular complexity index is 502. The number of hydrogen-bond donors (Lipinski definition) is 0. The summed E-state index contributed by atoms with van der Waals surface area (Å²) in [6.07, 6.45) is -37.0. The zero-order chi connectivity index (χ0) is 25.4. The van der Waals surface area contributed by atoms with Crippen molar-refractivity contribution in [3.05, 3.63) is 0 Å². The molecule has 186 valence electrons. The lowest BCUT2D eigenvalue weighted by molar-refractivity contribution is -0.351. The molecule has 0 aromatic rings. The molecule has 0 aliphatic heterocycles. The van der Waals surface area contributed by atoms with Crippen LogP contribution in [-0.2, 0) is 14.0 Å². The zero-order valence-corrected chi connectivity index (χ0v) is 13.3. The second-order valence-corrected chi connectivity index (χ2v) is 5.01. The van der Waals surface area contributed by atoms with E-state index in [4.69, 9.17) is 0 Å². The van der Waals surface area contributed by atoms with E-state index in [9.17, 15) is 79.0 Å². The molecule has 3 atom stereocenters. The lowest BCUT2D eigenvalue weighted by atomic mass is 10.1. The first-order chi connectivity index (χ1) is 13.3. The smallest absolute Gasteiger partial charge is 0.350 e. The molecule has 0 aromatic heterocycles. The highest BCUT2D eigenvalue weighted by Gasteiger charge is 2.69. The number of alkyl halides is 18. The lowest BCUT2D eigenvalue weighted by Gasteiger charge is -2.29. The molecule has 0 radical (unpaired) electrons. The summed E-state index contributed by atoms with van der Waals surface area (Å²) in [6.45, 7) is 0. The molecule has 0 saturated heterocycles. The molecule has 0 spiro atoms. The molecule has 0 aliphatic rings. The van der Waals surface area contributed by atoms with E-state index in [1.165, 1.54) is 0 Å². The second kappa shape index (κ2) is 8.91. The fourth-order valence-corrected chi connectivity index (χ4v) is 1.03. The summed E-state index contributed by atoms with van der Waals surface area (Å²) >= 11 is 0. The Kier molecular flexibility index (Phi) is 8.53. The van der Waals surface area contributed by atoms with E-state index in [2.05, 4.69) is 14.0 Å². The van der Waals surface area contributed by atoms with Crippen molar-refractivity contribution in [1.82, 2.24) is 0 Å². The van der Waals surface area contributed by atoms with Crippen LogP contribution in [-0.4, -0.2) is 62.7 Å². The van der Waals surface area contributed by atoms with Crippen molar-refractivity contribution in [2.24, 2.45) is 0 Å². The largest absolute Gasteiger partial charge is 0.646 e. The van der Waals surface area contributed by atoms with Gasteiger partial charge in [-0.15, -0.1) is 0 Å². The van der Waals surface area contributed by atoms with Gasteiger partial charge in [-0.3, -0.25) is 0 Å². The number of rotatable bonds is 9. The minimum atomic E-state index is -6.97. The van der Waals surface area contributed by atoms with Crippen molar-refractivity contribution < 1.29 is 93.0 Å². The van der Waals surface area contributed by atoms with Gasteiger partial charge in [0.2, 0.25) is 0 Å². The van der Waals surface area contributed by atoms with Crippen molar-refractivity contribution >= 4 is 7.32 Å². The normalized spacial score (nSPS) is 18.0. The molecule has 0 amide bonds. The topological polar surface area (TPSA) is 27.7 Å². The van der Waals surface area contributed by atoms with Gasteiger partial charge in [-0.1, -0.05) is 0 Å². The van der Waals surface area contributed by atoms with E-state index in [0.29, 0.717) is 0 Å². The zero-order valence-electron chi connectivity index (χ0n) is 13.3. The van der Waals surface area contributed by atoms with Gasteiger partial charge in [0.25, 0.3) is 19.1 Å². The Morgan fingerprint density at radius 1 is 0.387 bits per heavy atom. The molecule has 0 fully saturated rings. The monoisotopic (exact) mass is 512 g/mol. The van der Waals surface area contributed by atoms with Gasteiger partial charge in [-0.2, -0.15) is 65.9 Å². The lowest BCUT2D eigenvalue weighted by Crippen LogP contribution is -2.55. The third-order valence-electron chi connectivity index (χ3n) is 2.68. The fourth-order valence-electron chi connectivity index (χ4n) is 1.03. The van der Waals surface area contributed by atoms with E-state index >= 15 is 0 Å². The van der Waals surface area contributed by atoms with Crippen LogP contribution in [0.2, 0.25) is 0 Å². The average molecular weight is 512 g/mol. The molecule has 0 rings (SSSR count). The van der Waals surface area contributed by atoms with Crippen LogP contribution in [0.5, 0.6) is 0 Å². The van der Waals surface area contributed by atoms with E-state index in [1.54, 1.807) is 0 Å². The van der Waals surface area contributed by atoms with Crippen molar-refractivity contribution in [3.63, 3.8) is 0 Å². The summed E-state index contributed by atoms with van der Waals surface area (Å²) in [7, 11) is -4.78. The van der Waals surface area contributed by atoms with Crippen LogP contribution in [0, 0.1) is 0 Å². The number of hydrogen-bond acceptors (Lipinski definition) is 3. The van der Waals surface area contributed by atoms with Crippen molar-refractivity contribution in [1.29, 1.82) is 0 Å². The third kappa shape index (κ3) is 6.59. The van der Waals surface area contributed by atoms with Crippen LogP contribution >= 0.6 is 0 Å². The van der Waals surface area contributed by atoms with Gasteiger partial charge >= 0.3 is 43.6 Å². The highest BCUT2D eigenvalue weighted by Crippen LogP contribution is 2.44. The molecule has 0 heterocycles. The molecule has 0 bridgehead atoms. The molecule has 0 saturated carbocycles. The highest BCUT2D eigenvalue weighted by molar-refractivity contribution is 6.36. The van der Waals surface area contributed by atoms with Gasteiger partial charge in [0.05, 0.1) is 0 Å². The quantitative estimate of drug-likeness (QED) is 0.302. The minimum absolute atomic E-state index is 2.54. The van der Waals surface area contributed by atoms with E-state index in [0.717, 1.165) is 0 Å². The summed E-state index contributed by atoms with van der Waals surface area (Å²) < 4.78 is 229. The summed E-state index contributed by atoms with van der Waals surface area (Å²) in [5.74, 6) is -20.3. The third-order valence-corrected chi connectivity index (χ3v) is 2.68. The maximum absolute atomic E-state index is 13.0. The van der Waals surface area contributed by atoms with E-state index in [1.807, 2.05) is 0 Å².